The third-order valence-corrected chi connectivity index (χ3v) is 4.52. The Bertz CT molecular complexity index is 266. The summed E-state index contributed by atoms with van der Waals surface area (Å²) in [4.78, 5) is 12.1. The van der Waals surface area contributed by atoms with E-state index in [1.807, 2.05) is 0 Å². The van der Waals surface area contributed by atoms with Gasteiger partial charge >= 0.3 is 0 Å². The Labute approximate surface area is 104 Å². The molecule has 3 fully saturated rings. The quantitative estimate of drug-likeness (QED) is 0.762. The highest BCUT2D eigenvalue weighted by Gasteiger charge is 2.42. The molecule has 3 heteroatoms. The van der Waals surface area contributed by atoms with Gasteiger partial charge in [-0.25, -0.2) is 0 Å². The highest BCUT2D eigenvalue weighted by Crippen LogP contribution is 2.44. The minimum atomic E-state index is 0.320. The number of hydrogen-bond donors (Lipinski definition) is 2. The minimum Gasteiger partial charge on any atom is -0.353 e. The van der Waals surface area contributed by atoms with E-state index in [0.717, 1.165) is 31.3 Å². The summed E-state index contributed by atoms with van der Waals surface area (Å²) in [5.41, 5.74) is 0. The lowest BCUT2D eigenvalue weighted by molar-refractivity contribution is -0.123. The fourth-order valence-corrected chi connectivity index (χ4v) is 3.12. The van der Waals surface area contributed by atoms with E-state index in [2.05, 4.69) is 10.6 Å². The van der Waals surface area contributed by atoms with Crippen LogP contribution in [0.5, 0.6) is 0 Å². The highest BCUT2D eigenvalue weighted by atomic mass is 16.1. The molecule has 1 amide bonds. The molecule has 2 N–H and O–H groups in total. The topological polar surface area (TPSA) is 41.1 Å². The van der Waals surface area contributed by atoms with Crippen molar-refractivity contribution in [3.05, 3.63) is 0 Å². The molecule has 0 radical (unpaired) electrons. The first-order chi connectivity index (χ1) is 8.33. The minimum absolute atomic E-state index is 0.320. The number of hydrogen-bond acceptors (Lipinski definition) is 2. The molecule has 96 valence electrons. The summed E-state index contributed by atoms with van der Waals surface area (Å²) in [7, 11) is 0. The molecule has 2 aliphatic carbocycles. The van der Waals surface area contributed by atoms with Crippen molar-refractivity contribution in [3.63, 3.8) is 0 Å². The van der Waals surface area contributed by atoms with Gasteiger partial charge in [0.15, 0.2) is 0 Å². The Morgan fingerprint density at radius 2 is 1.65 bits per heavy atom. The third kappa shape index (κ3) is 3.21. The van der Waals surface area contributed by atoms with Crippen molar-refractivity contribution in [3.8, 4) is 0 Å². The molecule has 0 aromatic rings. The van der Waals surface area contributed by atoms with Gasteiger partial charge in [0, 0.05) is 12.5 Å². The second-order valence-electron chi connectivity index (χ2n) is 6.17. The molecule has 2 saturated carbocycles. The van der Waals surface area contributed by atoms with Gasteiger partial charge in [0.2, 0.25) is 5.91 Å². The lowest BCUT2D eigenvalue weighted by Crippen LogP contribution is -2.40. The zero-order chi connectivity index (χ0) is 11.7. The molecule has 0 aromatic heterocycles. The van der Waals surface area contributed by atoms with Crippen molar-refractivity contribution in [2.45, 2.75) is 51.0 Å². The molecule has 1 saturated heterocycles. The highest BCUT2D eigenvalue weighted by molar-refractivity contribution is 5.76. The fraction of sp³-hybridized carbons (Fsp3) is 0.929. The van der Waals surface area contributed by atoms with Crippen molar-refractivity contribution in [1.29, 1.82) is 0 Å². The van der Waals surface area contributed by atoms with Crippen LogP contribution in [0.15, 0.2) is 0 Å². The third-order valence-electron chi connectivity index (χ3n) is 4.52. The van der Waals surface area contributed by atoms with Gasteiger partial charge in [-0.3, -0.25) is 4.79 Å². The number of rotatable bonds is 5. The van der Waals surface area contributed by atoms with Crippen LogP contribution in [-0.4, -0.2) is 25.0 Å². The molecule has 0 atom stereocenters. The van der Waals surface area contributed by atoms with Crippen molar-refractivity contribution in [2.75, 3.05) is 13.1 Å². The van der Waals surface area contributed by atoms with Crippen molar-refractivity contribution in [2.24, 2.45) is 17.8 Å². The van der Waals surface area contributed by atoms with Crippen LogP contribution in [0.3, 0.4) is 0 Å². The van der Waals surface area contributed by atoms with Gasteiger partial charge in [0.25, 0.3) is 0 Å². The zero-order valence-electron chi connectivity index (χ0n) is 10.6. The van der Waals surface area contributed by atoms with Crippen LogP contribution in [0.25, 0.3) is 0 Å². The van der Waals surface area contributed by atoms with Crippen LogP contribution in [0.1, 0.15) is 44.9 Å². The monoisotopic (exact) mass is 236 g/mol. The van der Waals surface area contributed by atoms with Crippen molar-refractivity contribution < 1.29 is 4.79 Å². The van der Waals surface area contributed by atoms with Crippen LogP contribution in [0, 0.1) is 17.8 Å². The van der Waals surface area contributed by atoms with Gasteiger partial charge in [-0.1, -0.05) is 0 Å². The molecule has 3 rings (SSSR count). The summed E-state index contributed by atoms with van der Waals surface area (Å²) in [6.45, 7) is 2.18. The average Bonchev–Trinajstić information content (AvgIpc) is 3.19. The van der Waals surface area contributed by atoms with E-state index in [-0.39, 0.29) is 0 Å². The maximum Gasteiger partial charge on any atom is 0.220 e. The molecule has 17 heavy (non-hydrogen) atoms. The Balaban J connectivity index is 1.44. The SMILES string of the molecule is O=C(CC1CCNCC1)NC(C1CC1)C1CC1. The van der Waals surface area contributed by atoms with Gasteiger partial charge in [0.1, 0.15) is 0 Å². The molecular weight excluding hydrogens is 212 g/mol. The van der Waals surface area contributed by atoms with Crippen LogP contribution in [-0.2, 0) is 4.79 Å². The standard InChI is InChI=1S/C14H24N2O/c17-13(9-10-5-7-15-8-6-10)16-14(11-1-2-11)12-3-4-12/h10-12,14-15H,1-9H2,(H,16,17). The first-order valence-corrected chi connectivity index (χ1v) is 7.33. The van der Waals surface area contributed by atoms with E-state index in [4.69, 9.17) is 0 Å². The predicted octanol–water partition coefficient (Wildman–Crippen LogP) is 1.68. The molecule has 0 bridgehead atoms. The van der Waals surface area contributed by atoms with Crippen LogP contribution in [0.2, 0.25) is 0 Å². The van der Waals surface area contributed by atoms with Gasteiger partial charge in [-0.15, -0.1) is 0 Å². The van der Waals surface area contributed by atoms with E-state index < -0.39 is 0 Å². The summed E-state index contributed by atoms with van der Waals surface area (Å²) in [6.07, 6.45) is 8.47. The summed E-state index contributed by atoms with van der Waals surface area (Å²) in [5, 5.41) is 6.68. The van der Waals surface area contributed by atoms with Gasteiger partial charge in [0.05, 0.1) is 0 Å². The first kappa shape index (κ1) is 11.5. The maximum absolute atomic E-state index is 12.1. The maximum atomic E-state index is 12.1. The summed E-state index contributed by atoms with van der Waals surface area (Å²) in [5.74, 6) is 2.58. The largest absolute Gasteiger partial charge is 0.353 e. The second kappa shape index (κ2) is 4.97. The van der Waals surface area contributed by atoms with E-state index in [1.54, 1.807) is 0 Å². The van der Waals surface area contributed by atoms with E-state index in [1.165, 1.54) is 38.5 Å². The zero-order valence-corrected chi connectivity index (χ0v) is 10.6. The van der Waals surface area contributed by atoms with Crippen LogP contribution < -0.4 is 10.6 Å². The van der Waals surface area contributed by atoms with E-state index >= 15 is 0 Å². The summed E-state index contributed by atoms with van der Waals surface area (Å²) < 4.78 is 0. The number of piperidine rings is 1. The smallest absolute Gasteiger partial charge is 0.220 e. The van der Waals surface area contributed by atoms with Gasteiger partial charge < -0.3 is 10.6 Å². The summed E-state index contributed by atoms with van der Waals surface area (Å²) >= 11 is 0. The lowest BCUT2D eigenvalue weighted by atomic mass is 9.94. The van der Waals surface area contributed by atoms with E-state index in [9.17, 15) is 4.79 Å². The molecule has 3 nitrogen and oxygen atoms in total. The van der Waals surface area contributed by atoms with E-state index in [0.29, 0.717) is 17.9 Å². The molecular formula is C14H24N2O. The number of carbonyl (C=O) groups excluding carboxylic acids is 1. The molecule has 0 aromatic carbocycles. The second-order valence-corrected chi connectivity index (χ2v) is 6.17. The Kier molecular flexibility index (Phi) is 3.37. The molecule has 1 aliphatic heterocycles. The fourth-order valence-electron chi connectivity index (χ4n) is 3.12. The number of carbonyl (C=O) groups is 1. The molecule has 1 heterocycles. The van der Waals surface area contributed by atoms with Crippen LogP contribution >= 0.6 is 0 Å². The summed E-state index contributed by atoms with van der Waals surface area (Å²) in [6, 6.07) is 0.532. The predicted molar refractivity (Wildman–Crippen MR) is 67.6 cm³/mol. The van der Waals surface area contributed by atoms with Gasteiger partial charge in [-0.2, -0.15) is 0 Å². The molecule has 0 unspecified atom stereocenters. The Morgan fingerprint density at radius 3 is 2.18 bits per heavy atom. The molecule has 3 aliphatic rings. The first-order valence-electron chi connectivity index (χ1n) is 7.33. The number of nitrogens with one attached hydrogen (secondary N) is 2. The Morgan fingerprint density at radius 1 is 1.06 bits per heavy atom. The van der Waals surface area contributed by atoms with Gasteiger partial charge in [-0.05, 0) is 69.4 Å². The lowest BCUT2D eigenvalue weighted by Gasteiger charge is -2.24. The average molecular weight is 236 g/mol. The van der Waals surface area contributed by atoms with Crippen molar-refractivity contribution in [1.82, 2.24) is 10.6 Å². The normalized spacial score (nSPS) is 26.2. The van der Waals surface area contributed by atoms with Crippen molar-refractivity contribution >= 4 is 5.91 Å². The number of amides is 1. The molecule has 0 spiro atoms. The Hall–Kier alpha value is -0.570. The van der Waals surface area contributed by atoms with Crippen LogP contribution in [0.4, 0.5) is 0 Å².